The van der Waals surface area contributed by atoms with Gasteiger partial charge in [-0.15, -0.1) is 0 Å². The van der Waals surface area contributed by atoms with Gasteiger partial charge in [-0.1, -0.05) is 0 Å². The van der Waals surface area contributed by atoms with Crippen LogP contribution in [0.2, 0.25) is 0 Å². The van der Waals surface area contributed by atoms with Crippen molar-refractivity contribution in [2.75, 3.05) is 24.6 Å². The Morgan fingerprint density at radius 3 is 2.71 bits per heavy atom. The Hall–Kier alpha value is -1.69. The first kappa shape index (κ1) is 13.4. The first-order valence-corrected chi connectivity index (χ1v) is 5.39. The SMILES string of the molecule is CCN(CCCO)c1cc(F)cc([N+](=O)[O-])c1. The number of anilines is 1. The minimum atomic E-state index is -0.628. The highest BCUT2D eigenvalue weighted by atomic mass is 19.1. The summed E-state index contributed by atoms with van der Waals surface area (Å²) in [6, 6.07) is 3.49. The van der Waals surface area contributed by atoms with E-state index in [-0.39, 0.29) is 12.3 Å². The lowest BCUT2D eigenvalue weighted by Crippen LogP contribution is -2.24. The van der Waals surface area contributed by atoms with Crippen molar-refractivity contribution in [3.8, 4) is 0 Å². The average Bonchev–Trinajstić information content (AvgIpc) is 2.29. The standard InChI is InChI=1S/C11H15FN2O3/c1-2-13(4-3-5-15)10-6-9(12)7-11(8-10)14(16)17/h6-8,15H,2-5H2,1H3. The Labute approximate surface area is 98.6 Å². The summed E-state index contributed by atoms with van der Waals surface area (Å²) in [6.07, 6.45) is 0.540. The Morgan fingerprint density at radius 2 is 2.18 bits per heavy atom. The van der Waals surface area contributed by atoms with Gasteiger partial charge < -0.3 is 10.0 Å². The molecule has 0 heterocycles. The molecule has 0 spiro atoms. The number of nitro groups is 1. The van der Waals surface area contributed by atoms with Gasteiger partial charge in [0.05, 0.1) is 11.0 Å². The van der Waals surface area contributed by atoms with E-state index in [0.717, 1.165) is 6.07 Å². The largest absolute Gasteiger partial charge is 0.396 e. The number of hydrogen-bond acceptors (Lipinski definition) is 4. The van der Waals surface area contributed by atoms with Crippen molar-refractivity contribution < 1.29 is 14.4 Å². The summed E-state index contributed by atoms with van der Waals surface area (Å²) < 4.78 is 13.2. The third-order valence-corrected chi connectivity index (χ3v) is 2.41. The number of rotatable bonds is 6. The second-order valence-corrected chi connectivity index (χ2v) is 3.58. The van der Waals surface area contributed by atoms with Crippen LogP contribution in [0.4, 0.5) is 15.8 Å². The molecule has 0 aromatic heterocycles. The summed E-state index contributed by atoms with van der Waals surface area (Å²) in [5.74, 6) is -0.628. The van der Waals surface area contributed by atoms with Gasteiger partial charge in [0, 0.05) is 31.5 Å². The topological polar surface area (TPSA) is 66.6 Å². The average molecular weight is 242 g/mol. The summed E-state index contributed by atoms with van der Waals surface area (Å²) in [5, 5.41) is 19.4. The van der Waals surface area contributed by atoms with E-state index in [0.29, 0.717) is 25.2 Å². The lowest BCUT2D eigenvalue weighted by atomic mass is 10.2. The molecule has 6 heteroatoms. The fourth-order valence-corrected chi connectivity index (χ4v) is 1.58. The second kappa shape index (κ2) is 6.15. The normalized spacial score (nSPS) is 10.3. The number of nitro benzene ring substituents is 1. The van der Waals surface area contributed by atoms with Crippen molar-refractivity contribution >= 4 is 11.4 Å². The van der Waals surface area contributed by atoms with Gasteiger partial charge in [0.2, 0.25) is 0 Å². The molecule has 1 aromatic carbocycles. The van der Waals surface area contributed by atoms with Crippen LogP contribution in [-0.2, 0) is 0 Å². The molecule has 0 atom stereocenters. The minimum Gasteiger partial charge on any atom is -0.396 e. The van der Waals surface area contributed by atoms with Crippen LogP contribution in [0, 0.1) is 15.9 Å². The van der Waals surface area contributed by atoms with Crippen molar-refractivity contribution in [1.82, 2.24) is 0 Å². The molecule has 0 amide bonds. The number of nitrogens with zero attached hydrogens (tertiary/aromatic N) is 2. The Bertz CT molecular complexity index is 398. The minimum absolute atomic E-state index is 0.0356. The van der Waals surface area contributed by atoms with Crippen LogP contribution in [0.15, 0.2) is 18.2 Å². The Morgan fingerprint density at radius 1 is 1.47 bits per heavy atom. The van der Waals surface area contributed by atoms with Crippen LogP contribution in [0.3, 0.4) is 0 Å². The molecular weight excluding hydrogens is 227 g/mol. The molecule has 0 unspecified atom stereocenters. The van der Waals surface area contributed by atoms with Crippen molar-refractivity contribution in [2.45, 2.75) is 13.3 Å². The lowest BCUT2D eigenvalue weighted by molar-refractivity contribution is -0.385. The lowest BCUT2D eigenvalue weighted by Gasteiger charge is -2.22. The van der Waals surface area contributed by atoms with Crippen LogP contribution < -0.4 is 4.90 Å². The zero-order valence-corrected chi connectivity index (χ0v) is 9.60. The van der Waals surface area contributed by atoms with Crippen molar-refractivity contribution in [3.05, 3.63) is 34.1 Å². The number of benzene rings is 1. The summed E-state index contributed by atoms with van der Waals surface area (Å²) in [7, 11) is 0. The maximum Gasteiger partial charge on any atom is 0.274 e. The zero-order valence-electron chi connectivity index (χ0n) is 9.60. The van der Waals surface area contributed by atoms with Crippen LogP contribution in [-0.4, -0.2) is 29.7 Å². The molecule has 5 nitrogen and oxygen atoms in total. The highest BCUT2D eigenvalue weighted by Crippen LogP contribution is 2.23. The molecule has 0 bridgehead atoms. The van der Waals surface area contributed by atoms with Gasteiger partial charge in [0.1, 0.15) is 5.82 Å². The monoisotopic (exact) mass is 242 g/mol. The first-order chi connectivity index (χ1) is 8.08. The molecule has 1 N–H and O–H groups in total. The van der Waals surface area contributed by atoms with Gasteiger partial charge in [-0.05, 0) is 19.4 Å². The van der Waals surface area contributed by atoms with Gasteiger partial charge >= 0.3 is 0 Å². The predicted octanol–water partition coefficient (Wildman–Crippen LogP) is 1.94. The first-order valence-electron chi connectivity index (χ1n) is 5.39. The summed E-state index contributed by atoms with van der Waals surface area (Å²) in [4.78, 5) is 11.8. The molecule has 0 aliphatic carbocycles. The Kier molecular flexibility index (Phi) is 4.84. The maximum absolute atomic E-state index is 13.2. The molecule has 94 valence electrons. The van der Waals surface area contributed by atoms with Gasteiger partial charge in [0.15, 0.2) is 0 Å². The molecule has 1 rings (SSSR count). The number of halogens is 1. The summed E-state index contributed by atoms with van der Waals surface area (Å²) in [5.41, 5.74) is 0.204. The molecular formula is C11H15FN2O3. The van der Waals surface area contributed by atoms with Crippen LogP contribution in [0.1, 0.15) is 13.3 Å². The van der Waals surface area contributed by atoms with E-state index in [1.54, 1.807) is 4.90 Å². The van der Waals surface area contributed by atoms with E-state index < -0.39 is 10.7 Å². The zero-order chi connectivity index (χ0) is 12.8. The molecule has 0 aliphatic rings. The Balaban J connectivity index is 2.98. The smallest absolute Gasteiger partial charge is 0.274 e. The van der Waals surface area contributed by atoms with Gasteiger partial charge in [-0.2, -0.15) is 0 Å². The molecule has 1 aromatic rings. The van der Waals surface area contributed by atoms with Crippen molar-refractivity contribution in [3.63, 3.8) is 0 Å². The quantitative estimate of drug-likeness (QED) is 0.611. The number of aliphatic hydroxyl groups excluding tert-OH is 1. The van der Waals surface area contributed by atoms with Gasteiger partial charge in [0.25, 0.3) is 5.69 Å². The fourth-order valence-electron chi connectivity index (χ4n) is 1.58. The molecule has 0 fully saturated rings. The third-order valence-electron chi connectivity index (χ3n) is 2.41. The van der Waals surface area contributed by atoms with E-state index >= 15 is 0 Å². The van der Waals surface area contributed by atoms with Crippen LogP contribution >= 0.6 is 0 Å². The molecule has 17 heavy (non-hydrogen) atoms. The van der Waals surface area contributed by atoms with E-state index in [1.165, 1.54) is 12.1 Å². The highest BCUT2D eigenvalue weighted by Gasteiger charge is 2.13. The van der Waals surface area contributed by atoms with Crippen LogP contribution in [0.25, 0.3) is 0 Å². The third kappa shape index (κ3) is 3.67. The van der Waals surface area contributed by atoms with Gasteiger partial charge in [-0.3, -0.25) is 10.1 Å². The number of hydrogen-bond donors (Lipinski definition) is 1. The highest BCUT2D eigenvalue weighted by molar-refractivity contribution is 5.53. The van der Waals surface area contributed by atoms with E-state index in [2.05, 4.69) is 0 Å². The summed E-state index contributed by atoms with van der Waals surface area (Å²) >= 11 is 0. The number of non-ortho nitro benzene ring substituents is 1. The van der Waals surface area contributed by atoms with E-state index in [1.807, 2.05) is 6.92 Å². The maximum atomic E-state index is 13.2. The molecule has 0 saturated heterocycles. The second-order valence-electron chi connectivity index (χ2n) is 3.58. The van der Waals surface area contributed by atoms with Crippen molar-refractivity contribution in [1.29, 1.82) is 0 Å². The molecule has 0 radical (unpaired) electrons. The fraction of sp³-hybridized carbons (Fsp3) is 0.455. The summed E-state index contributed by atoms with van der Waals surface area (Å²) in [6.45, 7) is 3.04. The number of aliphatic hydroxyl groups is 1. The predicted molar refractivity (Wildman–Crippen MR) is 62.6 cm³/mol. The van der Waals surface area contributed by atoms with Crippen LogP contribution in [0.5, 0.6) is 0 Å². The van der Waals surface area contributed by atoms with E-state index in [9.17, 15) is 14.5 Å². The van der Waals surface area contributed by atoms with E-state index in [4.69, 9.17) is 5.11 Å². The van der Waals surface area contributed by atoms with Gasteiger partial charge in [-0.25, -0.2) is 4.39 Å². The van der Waals surface area contributed by atoms with Crippen molar-refractivity contribution in [2.24, 2.45) is 0 Å². The molecule has 0 saturated carbocycles. The molecule has 0 aliphatic heterocycles.